The number of nitrogens with two attached hydrogens (primary N) is 1. The van der Waals surface area contributed by atoms with Gasteiger partial charge in [0, 0.05) is 25.2 Å². The van der Waals surface area contributed by atoms with Gasteiger partial charge in [-0.3, -0.25) is 4.68 Å². The third-order valence-corrected chi connectivity index (χ3v) is 3.09. The number of nitrogen functional groups attached to an aromatic ring is 1. The molecule has 104 valence electrons. The molecule has 0 radical (unpaired) electrons. The number of aromatic amines is 1. The summed E-state index contributed by atoms with van der Waals surface area (Å²) in [5.74, 6) is 1.78. The zero-order valence-corrected chi connectivity index (χ0v) is 11.1. The second kappa shape index (κ2) is 4.37. The summed E-state index contributed by atoms with van der Waals surface area (Å²) in [4.78, 5) is 15.8. The van der Waals surface area contributed by atoms with Crippen molar-refractivity contribution in [3.63, 3.8) is 0 Å². The van der Waals surface area contributed by atoms with Crippen molar-refractivity contribution in [1.82, 2.24) is 29.4 Å². The van der Waals surface area contributed by atoms with Crippen molar-refractivity contribution in [2.75, 3.05) is 11.1 Å². The monoisotopic (exact) mass is 274 g/mol. The number of fused-ring (bicyclic) bond motifs is 1. The molecule has 0 atom stereocenters. The molecule has 0 saturated heterocycles. The average Bonchev–Trinajstić information content (AvgIpc) is 2.93. The molecule has 9 heteroatoms. The summed E-state index contributed by atoms with van der Waals surface area (Å²) >= 11 is 0. The molecule has 0 aromatic carbocycles. The van der Waals surface area contributed by atoms with E-state index in [1.54, 1.807) is 30.9 Å². The maximum atomic E-state index is 11.5. The normalized spacial score (nSPS) is 11.1. The molecule has 3 aromatic rings. The van der Waals surface area contributed by atoms with E-state index in [1.807, 2.05) is 0 Å². The standard InChI is InChI=1S/C11H14N8O/c1-6-15-8(3-9-16-17-11(20)19(6)9)13-4-7-5-14-18(2)10(7)12/h3,5,13H,4,12H2,1-2H3,(H,17,20). The van der Waals surface area contributed by atoms with Gasteiger partial charge in [-0.05, 0) is 6.92 Å². The first kappa shape index (κ1) is 12.2. The van der Waals surface area contributed by atoms with E-state index in [0.717, 1.165) is 5.56 Å². The highest BCUT2D eigenvalue weighted by molar-refractivity contribution is 5.50. The summed E-state index contributed by atoms with van der Waals surface area (Å²) in [7, 11) is 1.78. The Hall–Kier alpha value is -2.84. The van der Waals surface area contributed by atoms with Gasteiger partial charge in [-0.2, -0.15) is 10.2 Å². The van der Waals surface area contributed by atoms with Crippen LogP contribution in [0.4, 0.5) is 11.6 Å². The third-order valence-electron chi connectivity index (χ3n) is 3.09. The van der Waals surface area contributed by atoms with Crippen molar-refractivity contribution in [3.8, 4) is 0 Å². The molecule has 9 nitrogen and oxygen atoms in total. The molecule has 0 unspecified atom stereocenters. The van der Waals surface area contributed by atoms with Crippen LogP contribution in [0.25, 0.3) is 5.65 Å². The Morgan fingerprint density at radius 3 is 3.00 bits per heavy atom. The molecule has 0 aliphatic rings. The second-order valence-electron chi connectivity index (χ2n) is 4.44. The van der Waals surface area contributed by atoms with E-state index in [0.29, 0.717) is 29.7 Å². The summed E-state index contributed by atoms with van der Waals surface area (Å²) in [6.07, 6.45) is 1.70. The van der Waals surface area contributed by atoms with Gasteiger partial charge in [0.2, 0.25) is 0 Å². The Morgan fingerprint density at radius 1 is 1.50 bits per heavy atom. The highest BCUT2D eigenvalue weighted by Gasteiger charge is 2.08. The van der Waals surface area contributed by atoms with Crippen LogP contribution < -0.4 is 16.7 Å². The minimum Gasteiger partial charge on any atom is -0.384 e. The fourth-order valence-corrected chi connectivity index (χ4v) is 2.00. The first-order valence-corrected chi connectivity index (χ1v) is 6.01. The zero-order chi connectivity index (χ0) is 14.3. The number of nitrogens with zero attached hydrogens (tertiary/aromatic N) is 5. The van der Waals surface area contributed by atoms with E-state index in [2.05, 4.69) is 25.6 Å². The summed E-state index contributed by atoms with van der Waals surface area (Å²) < 4.78 is 3.01. The largest absolute Gasteiger partial charge is 0.384 e. The summed E-state index contributed by atoms with van der Waals surface area (Å²) in [6, 6.07) is 1.69. The Labute approximate surface area is 113 Å². The lowest BCUT2D eigenvalue weighted by Gasteiger charge is -2.06. The molecule has 0 fully saturated rings. The number of nitrogens with one attached hydrogen (secondary N) is 2. The molecule has 4 N–H and O–H groups in total. The van der Waals surface area contributed by atoms with E-state index in [1.165, 1.54) is 4.40 Å². The summed E-state index contributed by atoms with van der Waals surface area (Å²) in [5, 5.41) is 13.5. The van der Waals surface area contributed by atoms with Crippen molar-refractivity contribution >= 4 is 17.3 Å². The van der Waals surface area contributed by atoms with Gasteiger partial charge in [0.1, 0.15) is 17.5 Å². The minimum atomic E-state index is -0.298. The molecule has 0 saturated carbocycles. The van der Waals surface area contributed by atoms with Gasteiger partial charge < -0.3 is 11.1 Å². The molecule has 0 bridgehead atoms. The van der Waals surface area contributed by atoms with Gasteiger partial charge in [0.15, 0.2) is 5.65 Å². The molecule has 3 heterocycles. The topological polar surface area (TPSA) is 119 Å². The van der Waals surface area contributed by atoms with E-state index < -0.39 is 0 Å². The highest BCUT2D eigenvalue weighted by Crippen LogP contribution is 2.13. The number of aromatic nitrogens is 6. The van der Waals surface area contributed by atoms with E-state index in [4.69, 9.17) is 5.73 Å². The Balaban J connectivity index is 1.88. The summed E-state index contributed by atoms with van der Waals surface area (Å²) in [6.45, 7) is 2.24. The van der Waals surface area contributed by atoms with E-state index >= 15 is 0 Å². The van der Waals surface area contributed by atoms with Crippen LogP contribution in [0.3, 0.4) is 0 Å². The van der Waals surface area contributed by atoms with Crippen LogP contribution >= 0.6 is 0 Å². The lowest BCUT2D eigenvalue weighted by Crippen LogP contribution is -2.14. The van der Waals surface area contributed by atoms with Crippen molar-refractivity contribution < 1.29 is 0 Å². The second-order valence-corrected chi connectivity index (χ2v) is 4.44. The lowest BCUT2D eigenvalue weighted by molar-refractivity contribution is 0.778. The molecular formula is C11H14N8O. The van der Waals surface area contributed by atoms with Crippen molar-refractivity contribution in [1.29, 1.82) is 0 Å². The number of hydrogen-bond donors (Lipinski definition) is 3. The third kappa shape index (κ3) is 1.88. The fraction of sp³-hybridized carbons (Fsp3) is 0.273. The first-order chi connectivity index (χ1) is 9.56. The molecule has 0 amide bonds. The predicted molar refractivity (Wildman–Crippen MR) is 73.3 cm³/mol. The van der Waals surface area contributed by atoms with Gasteiger partial charge in [-0.15, -0.1) is 0 Å². The molecule has 0 spiro atoms. The van der Waals surface area contributed by atoms with Crippen LogP contribution in [0.15, 0.2) is 17.1 Å². The van der Waals surface area contributed by atoms with E-state index in [9.17, 15) is 4.79 Å². The van der Waals surface area contributed by atoms with Crippen molar-refractivity contribution in [2.45, 2.75) is 13.5 Å². The molecule has 0 aliphatic carbocycles. The molecule has 20 heavy (non-hydrogen) atoms. The number of aryl methyl sites for hydroxylation is 2. The van der Waals surface area contributed by atoms with Crippen LogP contribution in [-0.2, 0) is 13.6 Å². The lowest BCUT2D eigenvalue weighted by atomic mass is 10.3. The van der Waals surface area contributed by atoms with Gasteiger partial charge in [0.25, 0.3) is 0 Å². The average molecular weight is 274 g/mol. The highest BCUT2D eigenvalue weighted by atomic mass is 16.1. The van der Waals surface area contributed by atoms with Crippen LogP contribution in [0, 0.1) is 6.92 Å². The Bertz CT molecular complexity index is 827. The molecule has 3 aromatic heterocycles. The Morgan fingerprint density at radius 2 is 2.30 bits per heavy atom. The smallest absolute Gasteiger partial charge is 0.349 e. The predicted octanol–water partition coefficient (Wildman–Crippen LogP) is -0.346. The van der Waals surface area contributed by atoms with Crippen molar-refractivity contribution in [2.24, 2.45) is 7.05 Å². The first-order valence-electron chi connectivity index (χ1n) is 6.01. The Kier molecular flexibility index (Phi) is 2.67. The van der Waals surface area contributed by atoms with Gasteiger partial charge in [0.05, 0.1) is 6.20 Å². The molecule has 3 rings (SSSR count). The zero-order valence-electron chi connectivity index (χ0n) is 11.1. The minimum absolute atomic E-state index is 0.298. The number of H-pyrrole nitrogens is 1. The number of hydrogen-bond acceptors (Lipinski definition) is 6. The molecular weight excluding hydrogens is 260 g/mol. The summed E-state index contributed by atoms with van der Waals surface area (Å²) in [5.41, 5.74) is 6.97. The molecule has 0 aliphatic heterocycles. The quantitative estimate of drug-likeness (QED) is 0.601. The van der Waals surface area contributed by atoms with Gasteiger partial charge >= 0.3 is 5.69 Å². The fourth-order valence-electron chi connectivity index (χ4n) is 2.00. The van der Waals surface area contributed by atoms with Crippen LogP contribution in [0.5, 0.6) is 0 Å². The number of anilines is 2. The van der Waals surface area contributed by atoms with Crippen LogP contribution in [-0.4, -0.2) is 29.4 Å². The van der Waals surface area contributed by atoms with Gasteiger partial charge in [-0.1, -0.05) is 0 Å². The van der Waals surface area contributed by atoms with E-state index in [-0.39, 0.29) is 5.69 Å². The van der Waals surface area contributed by atoms with Crippen LogP contribution in [0.2, 0.25) is 0 Å². The number of rotatable bonds is 3. The van der Waals surface area contributed by atoms with Gasteiger partial charge in [-0.25, -0.2) is 19.3 Å². The maximum absolute atomic E-state index is 11.5. The van der Waals surface area contributed by atoms with Crippen LogP contribution in [0.1, 0.15) is 11.4 Å². The van der Waals surface area contributed by atoms with Crippen molar-refractivity contribution in [3.05, 3.63) is 34.1 Å². The maximum Gasteiger partial charge on any atom is 0.349 e. The SMILES string of the molecule is Cc1nc(NCc2cnn(C)c2N)cc2n[nH]c(=O)n12.